The number of carbonyl (C=O) groups excluding carboxylic acids is 1. The zero-order valence-electron chi connectivity index (χ0n) is 27.0. The standard InChI is InChI=1S/C43H33N5O/c1-3-40(49)45-35-21-13-14-30(25-35)39-27-44-42-41(47-39)36(38-26-31-23-22-29(2)24-37(31)46-38)28-48(42)43(32-15-7-4-8-16-32,33-17-9-5-10-18-33)34-19-11-6-12-20-34/h3-28,46H,1H2,2H3,(H,45,49). The number of anilines is 1. The van der Waals surface area contributed by atoms with Crippen molar-refractivity contribution in [2.45, 2.75) is 12.5 Å². The summed E-state index contributed by atoms with van der Waals surface area (Å²) in [7, 11) is 0. The van der Waals surface area contributed by atoms with Crippen LogP contribution in [-0.4, -0.2) is 25.4 Å². The first-order valence-corrected chi connectivity index (χ1v) is 16.2. The number of amides is 1. The Morgan fingerprint density at radius 2 is 1.45 bits per heavy atom. The number of aryl methyl sites for hydroxylation is 1. The highest BCUT2D eigenvalue weighted by atomic mass is 16.1. The number of rotatable bonds is 8. The van der Waals surface area contributed by atoms with Crippen molar-refractivity contribution in [3.63, 3.8) is 0 Å². The summed E-state index contributed by atoms with van der Waals surface area (Å²) in [6, 6.07) is 48.0. The molecule has 0 aliphatic carbocycles. The minimum atomic E-state index is -0.784. The fourth-order valence-electron chi connectivity index (χ4n) is 6.87. The summed E-state index contributed by atoms with van der Waals surface area (Å²) < 4.78 is 2.28. The van der Waals surface area contributed by atoms with Crippen LogP contribution in [0.2, 0.25) is 0 Å². The van der Waals surface area contributed by atoms with Crippen molar-refractivity contribution in [3.05, 3.63) is 187 Å². The second-order valence-electron chi connectivity index (χ2n) is 12.2. The number of fused-ring (bicyclic) bond motifs is 2. The fourth-order valence-corrected chi connectivity index (χ4v) is 6.87. The van der Waals surface area contributed by atoms with Crippen molar-refractivity contribution in [2.24, 2.45) is 0 Å². The lowest BCUT2D eigenvalue weighted by atomic mass is 9.76. The Morgan fingerprint density at radius 1 is 0.796 bits per heavy atom. The van der Waals surface area contributed by atoms with E-state index in [1.54, 1.807) is 0 Å². The second-order valence-corrected chi connectivity index (χ2v) is 12.2. The molecule has 0 aliphatic rings. The van der Waals surface area contributed by atoms with Crippen LogP contribution in [0.3, 0.4) is 0 Å². The first kappa shape index (κ1) is 29.8. The van der Waals surface area contributed by atoms with Crippen molar-refractivity contribution in [1.29, 1.82) is 0 Å². The minimum Gasteiger partial charge on any atom is -0.354 e. The molecule has 0 fully saturated rings. The van der Waals surface area contributed by atoms with Gasteiger partial charge in [-0.1, -0.05) is 122 Å². The van der Waals surface area contributed by atoms with Crippen molar-refractivity contribution in [2.75, 3.05) is 5.32 Å². The third-order valence-corrected chi connectivity index (χ3v) is 9.11. The lowest BCUT2D eigenvalue weighted by Crippen LogP contribution is -2.37. The monoisotopic (exact) mass is 635 g/mol. The molecule has 236 valence electrons. The van der Waals surface area contributed by atoms with Gasteiger partial charge in [-0.25, -0.2) is 9.97 Å². The Bertz CT molecular complexity index is 2360. The Kier molecular flexibility index (Phi) is 7.46. The molecule has 0 bridgehead atoms. The van der Waals surface area contributed by atoms with Crippen LogP contribution in [-0.2, 0) is 10.3 Å². The number of aromatic nitrogens is 4. The normalized spacial score (nSPS) is 11.5. The highest BCUT2D eigenvalue weighted by Gasteiger charge is 2.40. The van der Waals surface area contributed by atoms with Gasteiger partial charge in [-0.2, -0.15) is 0 Å². The van der Waals surface area contributed by atoms with Gasteiger partial charge in [0.15, 0.2) is 5.65 Å². The van der Waals surface area contributed by atoms with Gasteiger partial charge in [0.1, 0.15) is 11.1 Å². The third-order valence-electron chi connectivity index (χ3n) is 9.11. The van der Waals surface area contributed by atoms with Crippen LogP contribution >= 0.6 is 0 Å². The van der Waals surface area contributed by atoms with E-state index in [4.69, 9.17) is 9.97 Å². The van der Waals surface area contributed by atoms with Crippen molar-refractivity contribution in [3.8, 4) is 22.5 Å². The number of carbonyl (C=O) groups is 1. The van der Waals surface area contributed by atoms with Crippen LogP contribution in [0.25, 0.3) is 44.6 Å². The van der Waals surface area contributed by atoms with Crippen molar-refractivity contribution >= 4 is 33.7 Å². The maximum atomic E-state index is 12.1. The average Bonchev–Trinajstić information content (AvgIpc) is 3.75. The molecule has 5 aromatic carbocycles. The molecule has 0 unspecified atom stereocenters. The van der Waals surface area contributed by atoms with Crippen LogP contribution in [0.4, 0.5) is 5.69 Å². The molecule has 6 nitrogen and oxygen atoms in total. The molecule has 2 N–H and O–H groups in total. The Balaban J connectivity index is 1.45. The average molecular weight is 636 g/mol. The first-order chi connectivity index (χ1) is 24.0. The molecule has 0 aliphatic heterocycles. The van der Waals surface area contributed by atoms with E-state index in [0.29, 0.717) is 11.4 Å². The predicted molar refractivity (Wildman–Crippen MR) is 198 cm³/mol. The van der Waals surface area contributed by atoms with E-state index in [0.717, 1.165) is 55.6 Å². The number of nitrogens with zero attached hydrogens (tertiary/aromatic N) is 3. The summed E-state index contributed by atoms with van der Waals surface area (Å²) in [5, 5.41) is 3.98. The van der Waals surface area contributed by atoms with E-state index in [9.17, 15) is 4.79 Å². The van der Waals surface area contributed by atoms with Gasteiger partial charge in [0, 0.05) is 33.9 Å². The molecule has 8 aromatic rings. The Labute approximate surface area is 284 Å². The predicted octanol–water partition coefficient (Wildman–Crippen LogP) is 9.52. The van der Waals surface area contributed by atoms with Gasteiger partial charge in [0.05, 0.1) is 17.6 Å². The highest BCUT2D eigenvalue weighted by molar-refractivity contribution is 5.99. The fraction of sp³-hybridized carbons (Fsp3) is 0.0465. The molecule has 3 aromatic heterocycles. The number of H-pyrrole nitrogens is 1. The van der Waals surface area contributed by atoms with E-state index in [2.05, 4.69) is 132 Å². The quantitative estimate of drug-likeness (QED) is 0.129. The van der Waals surface area contributed by atoms with Gasteiger partial charge >= 0.3 is 0 Å². The molecule has 0 radical (unpaired) electrons. The molecular formula is C43H33N5O. The lowest BCUT2D eigenvalue weighted by Gasteiger charge is -2.38. The maximum absolute atomic E-state index is 12.1. The molecule has 8 rings (SSSR count). The summed E-state index contributed by atoms with van der Waals surface area (Å²) in [6.07, 6.45) is 5.27. The number of benzene rings is 5. The number of hydrogen-bond acceptors (Lipinski definition) is 3. The summed E-state index contributed by atoms with van der Waals surface area (Å²) in [5.41, 5.74) is 10.3. The molecule has 0 spiro atoms. The van der Waals surface area contributed by atoms with Crippen LogP contribution in [0, 0.1) is 6.92 Å². The van der Waals surface area contributed by atoms with Gasteiger partial charge in [0.2, 0.25) is 5.91 Å². The van der Waals surface area contributed by atoms with Gasteiger partial charge in [-0.15, -0.1) is 0 Å². The summed E-state index contributed by atoms with van der Waals surface area (Å²) in [5.74, 6) is -0.272. The van der Waals surface area contributed by atoms with E-state index in [-0.39, 0.29) is 5.91 Å². The van der Waals surface area contributed by atoms with E-state index in [1.807, 2.05) is 48.7 Å². The summed E-state index contributed by atoms with van der Waals surface area (Å²) >= 11 is 0. The lowest BCUT2D eigenvalue weighted by molar-refractivity contribution is -0.111. The number of aromatic amines is 1. The van der Waals surface area contributed by atoms with E-state index < -0.39 is 5.54 Å². The second kappa shape index (κ2) is 12.2. The van der Waals surface area contributed by atoms with Crippen molar-refractivity contribution in [1.82, 2.24) is 19.5 Å². The molecule has 0 saturated carbocycles. The maximum Gasteiger partial charge on any atom is 0.247 e. The molecule has 6 heteroatoms. The molecule has 49 heavy (non-hydrogen) atoms. The minimum absolute atomic E-state index is 0.272. The van der Waals surface area contributed by atoms with Gasteiger partial charge in [-0.05, 0) is 59.5 Å². The van der Waals surface area contributed by atoms with Crippen LogP contribution < -0.4 is 5.32 Å². The summed E-state index contributed by atoms with van der Waals surface area (Å²) in [6.45, 7) is 5.68. The van der Waals surface area contributed by atoms with Crippen LogP contribution in [0.15, 0.2) is 165 Å². The molecular weight excluding hydrogens is 603 g/mol. The number of hydrogen-bond donors (Lipinski definition) is 2. The zero-order chi connectivity index (χ0) is 33.4. The largest absolute Gasteiger partial charge is 0.354 e. The number of nitrogens with one attached hydrogen (secondary N) is 2. The van der Waals surface area contributed by atoms with E-state index in [1.165, 1.54) is 11.6 Å². The van der Waals surface area contributed by atoms with Gasteiger partial charge < -0.3 is 14.9 Å². The van der Waals surface area contributed by atoms with Crippen LogP contribution in [0.5, 0.6) is 0 Å². The molecule has 3 heterocycles. The first-order valence-electron chi connectivity index (χ1n) is 16.2. The topological polar surface area (TPSA) is 75.6 Å². The summed E-state index contributed by atoms with van der Waals surface area (Å²) in [4.78, 5) is 26.3. The Morgan fingerprint density at radius 3 is 2.08 bits per heavy atom. The van der Waals surface area contributed by atoms with Crippen molar-refractivity contribution < 1.29 is 4.79 Å². The van der Waals surface area contributed by atoms with Gasteiger partial charge in [-0.3, -0.25) is 4.79 Å². The molecule has 0 atom stereocenters. The highest BCUT2D eigenvalue weighted by Crippen LogP contribution is 2.45. The third kappa shape index (κ3) is 5.20. The van der Waals surface area contributed by atoms with E-state index >= 15 is 0 Å². The Hall–Kier alpha value is -6.53. The van der Waals surface area contributed by atoms with Gasteiger partial charge in [0.25, 0.3) is 0 Å². The zero-order valence-corrected chi connectivity index (χ0v) is 27.0. The smallest absolute Gasteiger partial charge is 0.247 e. The SMILES string of the molecule is C=CC(=O)Nc1cccc(-c2cnc3c(n2)c(-c2cc4ccc(C)cc4[nH]2)cn3C(c2ccccc2)(c2ccccc2)c2ccccc2)c1. The molecule has 0 saturated heterocycles. The molecule has 1 amide bonds. The van der Waals surface area contributed by atoms with Crippen LogP contribution in [0.1, 0.15) is 22.3 Å².